The Morgan fingerprint density at radius 3 is 2.89 bits per heavy atom. The predicted molar refractivity (Wildman–Crippen MR) is 59.9 cm³/mol. The van der Waals surface area contributed by atoms with Gasteiger partial charge in [-0.05, 0) is 6.07 Å². The standard InChI is InChI=1S/C10H14FN3O4/c1-12-6-2-3-14(10(17)13-6)9-7(11)8(16)5(4-15)18-9/h2-3,5,7-9,15-16H,4H2,1H3,(H,12,13,17)/t5-,7?,8+,9-/m1/s1. The van der Waals surface area contributed by atoms with Gasteiger partial charge in [0.05, 0.1) is 6.61 Å². The molecular weight excluding hydrogens is 245 g/mol. The van der Waals surface area contributed by atoms with E-state index in [-0.39, 0.29) is 0 Å². The fraction of sp³-hybridized carbons (Fsp3) is 0.600. The van der Waals surface area contributed by atoms with Gasteiger partial charge in [-0.3, -0.25) is 4.57 Å². The van der Waals surface area contributed by atoms with Crippen molar-refractivity contribution in [3.8, 4) is 0 Å². The molecule has 0 aromatic carbocycles. The molecule has 100 valence electrons. The van der Waals surface area contributed by atoms with Crippen molar-refractivity contribution >= 4 is 5.82 Å². The van der Waals surface area contributed by atoms with Crippen LogP contribution in [-0.4, -0.2) is 51.8 Å². The predicted octanol–water partition coefficient (Wildman–Crippen LogP) is -1.13. The van der Waals surface area contributed by atoms with E-state index in [1.165, 1.54) is 12.3 Å². The van der Waals surface area contributed by atoms with Gasteiger partial charge in [-0.1, -0.05) is 0 Å². The molecular formula is C10H14FN3O4. The van der Waals surface area contributed by atoms with Crippen LogP contribution in [0.15, 0.2) is 17.1 Å². The summed E-state index contributed by atoms with van der Waals surface area (Å²) in [6, 6.07) is 1.48. The normalized spacial score (nSPS) is 31.6. The molecule has 0 saturated carbocycles. The highest BCUT2D eigenvalue weighted by Crippen LogP contribution is 2.30. The molecule has 0 amide bonds. The third kappa shape index (κ3) is 2.09. The number of hydrogen-bond acceptors (Lipinski definition) is 6. The van der Waals surface area contributed by atoms with Gasteiger partial charge in [-0.25, -0.2) is 9.18 Å². The van der Waals surface area contributed by atoms with Gasteiger partial charge < -0.3 is 20.3 Å². The lowest BCUT2D eigenvalue weighted by Crippen LogP contribution is -2.33. The molecule has 0 radical (unpaired) electrons. The number of nitrogens with zero attached hydrogens (tertiary/aromatic N) is 2. The van der Waals surface area contributed by atoms with Gasteiger partial charge in [0.1, 0.15) is 18.0 Å². The van der Waals surface area contributed by atoms with E-state index in [9.17, 15) is 14.3 Å². The molecule has 1 aromatic heterocycles. The maximum Gasteiger partial charge on any atom is 0.351 e. The Morgan fingerprint density at radius 2 is 2.39 bits per heavy atom. The van der Waals surface area contributed by atoms with E-state index in [2.05, 4.69) is 10.3 Å². The molecule has 8 heteroatoms. The Bertz CT molecular complexity index is 480. The Balaban J connectivity index is 2.30. The van der Waals surface area contributed by atoms with Gasteiger partial charge in [0.15, 0.2) is 12.4 Å². The molecule has 0 aliphatic carbocycles. The zero-order chi connectivity index (χ0) is 13.3. The number of ether oxygens (including phenoxy) is 1. The van der Waals surface area contributed by atoms with Crippen molar-refractivity contribution in [3.05, 3.63) is 22.7 Å². The number of halogens is 1. The summed E-state index contributed by atoms with van der Waals surface area (Å²) in [6.45, 7) is -0.519. The van der Waals surface area contributed by atoms with E-state index in [4.69, 9.17) is 9.84 Å². The van der Waals surface area contributed by atoms with Crippen LogP contribution in [0.25, 0.3) is 0 Å². The summed E-state index contributed by atoms with van der Waals surface area (Å²) in [4.78, 5) is 15.3. The van der Waals surface area contributed by atoms with Crippen LogP contribution in [0, 0.1) is 0 Å². The number of anilines is 1. The van der Waals surface area contributed by atoms with E-state index in [0.29, 0.717) is 5.82 Å². The Kier molecular flexibility index (Phi) is 3.60. The molecule has 4 atom stereocenters. The van der Waals surface area contributed by atoms with Crippen LogP contribution in [0.2, 0.25) is 0 Å². The van der Waals surface area contributed by atoms with Crippen molar-refractivity contribution in [3.63, 3.8) is 0 Å². The summed E-state index contributed by atoms with van der Waals surface area (Å²) < 4.78 is 19.8. The van der Waals surface area contributed by atoms with E-state index in [1.807, 2.05) is 0 Å². The first-order chi connectivity index (χ1) is 8.58. The second kappa shape index (κ2) is 5.01. The molecule has 2 heterocycles. The Labute approximate surface area is 102 Å². The van der Waals surface area contributed by atoms with Crippen LogP contribution >= 0.6 is 0 Å². The molecule has 3 N–H and O–H groups in total. The van der Waals surface area contributed by atoms with Gasteiger partial charge in [0.25, 0.3) is 0 Å². The molecule has 1 aromatic rings. The van der Waals surface area contributed by atoms with Gasteiger partial charge >= 0.3 is 5.69 Å². The van der Waals surface area contributed by atoms with Crippen molar-refractivity contribution in [2.45, 2.75) is 24.6 Å². The average molecular weight is 259 g/mol. The Morgan fingerprint density at radius 1 is 1.67 bits per heavy atom. The highest BCUT2D eigenvalue weighted by molar-refractivity contribution is 5.30. The maximum atomic E-state index is 13.8. The zero-order valence-electron chi connectivity index (χ0n) is 9.65. The van der Waals surface area contributed by atoms with Crippen molar-refractivity contribution in [2.24, 2.45) is 0 Å². The van der Waals surface area contributed by atoms with E-state index < -0.39 is 36.9 Å². The highest BCUT2D eigenvalue weighted by Gasteiger charge is 2.45. The van der Waals surface area contributed by atoms with Crippen LogP contribution in [0.1, 0.15) is 6.23 Å². The monoisotopic (exact) mass is 259 g/mol. The van der Waals surface area contributed by atoms with Crippen LogP contribution < -0.4 is 11.0 Å². The number of aromatic nitrogens is 2. The number of alkyl halides is 1. The first-order valence-electron chi connectivity index (χ1n) is 5.44. The number of hydrogen-bond donors (Lipinski definition) is 3. The third-order valence-electron chi connectivity index (χ3n) is 2.83. The Hall–Kier alpha value is -1.51. The SMILES string of the molecule is CNc1ccn([C@@H]2O[C@H](CO)[C@H](O)C2F)c(=O)n1. The fourth-order valence-corrected chi connectivity index (χ4v) is 1.82. The minimum Gasteiger partial charge on any atom is -0.394 e. The molecule has 18 heavy (non-hydrogen) atoms. The summed E-state index contributed by atoms with van der Waals surface area (Å²) in [6.07, 6.45) is -4.24. The van der Waals surface area contributed by atoms with Gasteiger partial charge in [0, 0.05) is 13.2 Å². The van der Waals surface area contributed by atoms with Crippen LogP contribution in [-0.2, 0) is 4.74 Å². The molecule has 0 spiro atoms. The molecule has 1 aliphatic rings. The van der Waals surface area contributed by atoms with E-state index >= 15 is 0 Å². The average Bonchev–Trinajstić information content (AvgIpc) is 2.66. The number of rotatable bonds is 3. The van der Waals surface area contributed by atoms with Gasteiger partial charge in [0.2, 0.25) is 0 Å². The largest absolute Gasteiger partial charge is 0.394 e. The molecule has 1 saturated heterocycles. The topological polar surface area (TPSA) is 96.6 Å². The molecule has 1 unspecified atom stereocenters. The van der Waals surface area contributed by atoms with Crippen LogP contribution in [0.3, 0.4) is 0 Å². The lowest BCUT2D eigenvalue weighted by molar-refractivity contribution is -0.0490. The van der Waals surface area contributed by atoms with E-state index in [1.54, 1.807) is 7.05 Å². The van der Waals surface area contributed by atoms with Crippen LogP contribution in [0.5, 0.6) is 0 Å². The van der Waals surface area contributed by atoms with Gasteiger partial charge in [-0.15, -0.1) is 0 Å². The summed E-state index contributed by atoms with van der Waals surface area (Å²) in [5, 5.41) is 21.1. The summed E-state index contributed by atoms with van der Waals surface area (Å²) in [5.74, 6) is 0.351. The summed E-state index contributed by atoms with van der Waals surface area (Å²) in [7, 11) is 1.60. The third-order valence-corrected chi connectivity index (χ3v) is 2.83. The van der Waals surface area contributed by atoms with Crippen LogP contribution in [0.4, 0.5) is 10.2 Å². The molecule has 7 nitrogen and oxygen atoms in total. The number of aliphatic hydroxyl groups excluding tert-OH is 2. The number of aliphatic hydroxyl groups is 2. The van der Waals surface area contributed by atoms with Crippen molar-refractivity contribution in [2.75, 3.05) is 19.0 Å². The quantitative estimate of drug-likeness (QED) is 0.636. The molecule has 2 rings (SSSR count). The molecule has 1 fully saturated rings. The van der Waals surface area contributed by atoms with E-state index in [0.717, 1.165) is 4.57 Å². The fourth-order valence-electron chi connectivity index (χ4n) is 1.82. The minimum atomic E-state index is -1.79. The minimum absolute atomic E-state index is 0.351. The molecule has 0 bridgehead atoms. The van der Waals surface area contributed by atoms with Crippen molar-refractivity contribution < 1.29 is 19.3 Å². The van der Waals surface area contributed by atoms with Gasteiger partial charge in [-0.2, -0.15) is 4.98 Å². The smallest absolute Gasteiger partial charge is 0.351 e. The maximum absolute atomic E-state index is 13.8. The first kappa shape index (κ1) is 12.9. The second-order valence-corrected chi connectivity index (χ2v) is 3.94. The number of nitrogens with one attached hydrogen (secondary N) is 1. The first-order valence-corrected chi connectivity index (χ1v) is 5.44. The zero-order valence-corrected chi connectivity index (χ0v) is 9.65. The van der Waals surface area contributed by atoms with Crippen molar-refractivity contribution in [1.82, 2.24) is 9.55 Å². The summed E-state index contributed by atoms with van der Waals surface area (Å²) >= 11 is 0. The second-order valence-electron chi connectivity index (χ2n) is 3.94. The lowest BCUT2D eigenvalue weighted by Gasteiger charge is -2.15. The summed E-state index contributed by atoms with van der Waals surface area (Å²) in [5.41, 5.74) is -0.694. The lowest BCUT2D eigenvalue weighted by atomic mass is 10.1. The highest BCUT2D eigenvalue weighted by atomic mass is 19.1. The van der Waals surface area contributed by atoms with Crippen molar-refractivity contribution in [1.29, 1.82) is 0 Å². The molecule has 1 aliphatic heterocycles.